The van der Waals surface area contributed by atoms with Crippen molar-refractivity contribution in [3.8, 4) is 23.0 Å². The lowest BCUT2D eigenvalue weighted by Crippen LogP contribution is -2.40. The van der Waals surface area contributed by atoms with Gasteiger partial charge in [-0.1, -0.05) is 29.4 Å². The number of piperidine rings is 1. The average molecular weight is 407 g/mol. The van der Waals surface area contributed by atoms with Gasteiger partial charge in [0.1, 0.15) is 11.5 Å². The fourth-order valence-corrected chi connectivity index (χ4v) is 3.61. The molecule has 0 atom stereocenters. The summed E-state index contributed by atoms with van der Waals surface area (Å²) in [6.45, 7) is 3.33. The number of aryl methyl sites for hydroxylation is 1. The summed E-state index contributed by atoms with van der Waals surface area (Å²) in [6.07, 6.45) is 1.60. The number of rotatable bonds is 6. The van der Waals surface area contributed by atoms with E-state index in [0.29, 0.717) is 24.8 Å². The number of nitrogens with zero attached hydrogens (tertiary/aromatic N) is 3. The molecule has 1 aromatic heterocycles. The summed E-state index contributed by atoms with van der Waals surface area (Å²) in [5.41, 5.74) is 1.85. The van der Waals surface area contributed by atoms with E-state index >= 15 is 0 Å². The molecule has 0 radical (unpaired) electrons. The first-order chi connectivity index (χ1) is 14.6. The average Bonchev–Trinajstić information content (AvgIpc) is 3.29. The zero-order valence-electron chi connectivity index (χ0n) is 17.2. The van der Waals surface area contributed by atoms with Crippen molar-refractivity contribution in [2.24, 2.45) is 0 Å². The second-order valence-corrected chi connectivity index (χ2v) is 7.40. The Morgan fingerprint density at radius 1 is 1.17 bits per heavy atom. The number of carbonyl (C=O) groups is 1. The van der Waals surface area contributed by atoms with Gasteiger partial charge >= 0.3 is 0 Å². The van der Waals surface area contributed by atoms with E-state index in [-0.39, 0.29) is 18.4 Å². The van der Waals surface area contributed by atoms with Gasteiger partial charge in [0.15, 0.2) is 12.4 Å². The molecule has 0 bridgehead atoms. The van der Waals surface area contributed by atoms with Crippen molar-refractivity contribution in [3.05, 3.63) is 59.9 Å². The van der Waals surface area contributed by atoms with Crippen LogP contribution in [0, 0.1) is 6.92 Å². The number of hydrogen-bond acceptors (Lipinski definition) is 6. The molecule has 0 N–H and O–H groups in total. The number of aromatic nitrogens is 2. The first kappa shape index (κ1) is 19.9. The monoisotopic (exact) mass is 407 g/mol. The summed E-state index contributed by atoms with van der Waals surface area (Å²) < 4.78 is 16.4. The van der Waals surface area contributed by atoms with Crippen LogP contribution in [0.2, 0.25) is 0 Å². The number of ether oxygens (including phenoxy) is 2. The first-order valence-electron chi connectivity index (χ1n) is 10.1. The first-order valence-corrected chi connectivity index (χ1v) is 10.1. The second kappa shape index (κ2) is 8.98. The van der Waals surface area contributed by atoms with Crippen LogP contribution in [0.25, 0.3) is 11.5 Å². The predicted molar refractivity (Wildman–Crippen MR) is 112 cm³/mol. The van der Waals surface area contributed by atoms with E-state index in [4.69, 9.17) is 14.0 Å². The van der Waals surface area contributed by atoms with Gasteiger partial charge in [0.25, 0.3) is 11.8 Å². The van der Waals surface area contributed by atoms with E-state index in [1.807, 2.05) is 60.4 Å². The molecule has 1 fully saturated rings. The highest BCUT2D eigenvalue weighted by molar-refractivity contribution is 5.78. The Hall–Kier alpha value is -3.35. The van der Waals surface area contributed by atoms with Gasteiger partial charge in [-0.25, -0.2) is 0 Å². The lowest BCUT2D eigenvalue weighted by molar-refractivity contribution is -0.134. The minimum atomic E-state index is 0.00175. The van der Waals surface area contributed by atoms with E-state index in [9.17, 15) is 4.79 Å². The molecule has 30 heavy (non-hydrogen) atoms. The lowest BCUT2D eigenvalue weighted by atomic mass is 9.96. The summed E-state index contributed by atoms with van der Waals surface area (Å²) >= 11 is 0. The smallest absolute Gasteiger partial charge is 0.260 e. The van der Waals surface area contributed by atoms with E-state index in [2.05, 4.69) is 10.1 Å². The highest BCUT2D eigenvalue weighted by Crippen LogP contribution is 2.29. The molecule has 2 heterocycles. The third kappa shape index (κ3) is 4.45. The number of likely N-dealkylation sites (tertiary alicyclic amines) is 1. The normalized spacial score (nSPS) is 14.5. The Bertz CT molecular complexity index is 1010. The third-order valence-corrected chi connectivity index (χ3v) is 5.42. The zero-order chi connectivity index (χ0) is 20.9. The fraction of sp³-hybridized carbons (Fsp3) is 0.348. The molecule has 7 nitrogen and oxygen atoms in total. The number of benzene rings is 2. The van der Waals surface area contributed by atoms with Gasteiger partial charge < -0.3 is 18.9 Å². The van der Waals surface area contributed by atoms with Gasteiger partial charge in [0.05, 0.1) is 7.11 Å². The van der Waals surface area contributed by atoms with Crippen LogP contribution >= 0.6 is 0 Å². The van der Waals surface area contributed by atoms with Crippen molar-refractivity contribution in [3.63, 3.8) is 0 Å². The molecule has 0 spiro atoms. The number of amides is 1. The third-order valence-electron chi connectivity index (χ3n) is 5.42. The molecule has 0 unspecified atom stereocenters. The molecule has 1 aliphatic rings. The number of methoxy groups -OCH3 is 1. The van der Waals surface area contributed by atoms with Crippen molar-refractivity contribution in [1.82, 2.24) is 15.0 Å². The standard InChI is InChI=1S/C23H25N3O4/c1-16-6-3-4-9-20(16)29-15-21(27)26-12-10-17(11-13-26)22-24-23(30-25-22)18-7-5-8-19(14-18)28-2/h3-9,14,17H,10-13,15H2,1-2H3. The summed E-state index contributed by atoms with van der Waals surface area (Å²) in [5, 5.41) is 4.17. The van der Waals surface area contributed by atoms with Crippen LogP contribution in [0.4, 0.5) is 0 Å². The SMILES string of the molecule is COc1cccc(-c2nc(C3CCN(C(=O)COc4ccccc4C)CC3)no2)c1. The van der Waals surface area contributed by atoms with Crippen LogP contribution in [0.15, 0.2) is 53.1 Å². The Balaban J connectivity index is 1.32. The van der Waals surface area contributed by atoms with Gasteiger partial charge in [-0.2, -0.15) is 4.98 Å². The fourth-order valence-electron chi connectivity index (χ4n) is 3.61. The molecule has 7 heteroatoms. The van der Waals surface area contributed by atoms with Crippen LogP contribution in [0.1, 0.15) is 30.1 Å². The lowest BCUT2D eigenvalue weighted by Gasteiger charge is -2.30. The van der Waals surface area contributed by atoms with E-state index in [1.165, 1.54) is 0 Å². The predicted octanol–water partition coefficient (Wildman–Crippen LogP) is 3.84. The summed E-state index contributed by atoms with van der Waals surface area (Å²) in [4.78, 5) is 18.9. The van der Waals surface area contributed by atoms with Crippen molar-refractivity contribution in [2.75, 3.05) is 26.8 Å². The maximum absolute atomic E-state index is 12.5. The number of carbonyl (C=O) groups excluding carboxylic acids is 1. The summed E-state index contributed by atoms with van der Waals surface area (Å²) in [6, 6.07) is 15.2. The van der Waals surface area contributed by atoms with Crippen molar-refractivity contribution in [2.45, 2.75) is 25.7 Å². The Kier molecular flexibility index (Phi) is 5.97. The molecule has 2 aromatic carbocycles. The molecule has 1 amide bonds. The molecule has 4 rings (SSSR count). The summed E-state index contributed by atoms with van der Waals surface area (Å²) in [7, 11) is 1.62. The molecule has 0 saturated carbocycles. The minimum absolute atomic E-state index is 0.00175. The molecule has 3 aromatic rings. The molecule has 156 valence electrons. The maximum atomic E-state index is 12.5. The van der Waals surface area contributed by atoms with Crippen molar-refractivity contribution < 1.29 is 18.8 Å². The van der Waals surface area contributed by atoms with Crippen molar-refractivity contribution in [1.29, 1.82) is 0 Å². The van der Waals surface area contributed by atoms with Crippen LogP contribution < -0.4 is 9.47 Å². The number of para-hydroxylation sites is 1. The highest BCUT2D eigenvalue weighted by Gasteiger charge is 2.27. The quantitative estimate of drug-likeness (QED) is 0.618. The summed E-state index contributed by atoms with van der Waals surface area (Å²) in [5.74, 6) is 2.84. The topological polar surface area (TPSA) is 77.7 Å². The number of hydrogen-bond donors (Lipinski definition) is 0. The van der Waals surface area contributed by atoms with Gasteiger partial charge in [0.2, 0.25) is 0 Å². The van der Waals surface area contributed by atoms with E-state index in [0.717, 1.165) is 35.5 Å². The largest absolute Gasteiger partial charge is 0.497 e. The van der Waals surface area contributed by atoms with Crippen LogP contribution in [-0.2, 0) is 4.79 Å². The minimum Gasteiger partial charge on any atom is -0.497 e. The molecule has 1 aliphatic heterocycles. The molecule has 1 saturated heterocycles. The van der Waals surface area contributed by atoms with Gasteiger partial charge in [-0.05, 0) is 49.6 Å². The molecular formula is C23H25N3O4. The van der Waals surface area contributed by atoms with E-state index < -0.39 is 0 Å². The Morgan fingerprint density at radius 2 is 1.97 bits per heavy atom. The van der Waals surface area contributed by atoms with Gasteiger partial charge in [-0.15, -0.1) is 0 Å². The highest BCUT2D eigenvalue weighted by atomic mass is 16.5. The van der Waals surface area contributed by atoms with Crippen molar-refractivity contribution >= 4 is 5.91 Å². The Labute approximate surface area is 175 Å². The maximum Gasteiger partial charge on any atom is 0.260 e. The molecule has 0 aliphatic carbocycles. The van der Waals surface area contributed by atoms with Crippen LogP contribution in [0.5, 0.6) is 11.5 Å². The Morgan fingerprint density at radius 3 is 2.73 bits per heavy atom. The van der Waals surface area contributed by atoms with Gasteiger partial charge in [0, 0.05) is 24.6 Å². The molecular weight excluding hydrogens is 382 g/mol. The van der Waals surface area contributed by atoms with Crippen LogP contribution in [0.3, 0.4) is 0 Å². The van der Waals surface area contributed by atoms with Gasteiger partial charge in [-0.3, -0.25) is 4.79 Å². The zero-order valence-corrected chi connectivity index (χ0v) is 17.2. The van der Waals surface area contributed by atoms with E-state index in [1.54, 1.807) is 7.11 Å². The second-order valence-electron chi connectivity index (χ2n) is 7.40. The van der Waals surface area contributed by atoms with Crippen LogP contribution in [-0.4, -0.2) is 47.8 Å².